The molecule has 0 saturated carbocycles. The molecule has 1 aromatic carbocycles. The van der Waals surface area contributed by atoms with E-state index in [9.17, 15) is 13.2 Å². The summed E-state index contributed by atoms with van der Waals surface area (Å²) in [6, 6.07) is 6.63. The van der Waals surface area contributed by atoms with Gasteiger partial charge in [0.1, 0.15) is 0 Å². The summed E-state index contributed by atoms with van der Waals surface area (Å²) >= 11 is 5.78. The Labute approximate surface area is 118 Å². The maximum absolute atomic E-state index is 11.7. The van der Waals surface area contributed by atoms with Gasteiger partial charge >= 0.3 is 0 Å². The molecule has 1 rings (SSSR count). The summed E-state index contributed by atoms with van der Waals surface area (Å²) < 4.78 is 25.5. The maximum atomic E-state index is 11.7. The van der Waals surface area contributed by atoms with Crippen molar-refractivity contribution in [2.75, 3.05) is 33.0 Å². The van der Waals surface area contributed by atoms with Crippen molar-refractivity contribution in [2.24, 2.45) is 0 Å². The Kier molecular flexibility index (Phi) is 5.30. The van der Waals surface area contributed by atoms with Crippen LogP contribution in [0.5, 0.6) is 0 Å². The van der Waals surface area contributed by atoms with Crippen LogP contribution in [0.4, 0.5) is 5.69 Å². The summed E-state index contributed by atoms with van der Waals surface area (Å²) in [6.45, 7) is -0.271. The van der Waals surface area contributed by atoms with Crippen molar-refractivity contribution in [1.82, 2.24) is 8.61 Å². The van der Waals surface area contributed by atoms with Crippen LogP contribution in [0, 0.1) is 0 Å². The molecule has 0 aromatic heterocycles. The van der Waals surface area contributed by atoms with Crippen molar-refractivity contribution < 1.29 is 13.2 Å². The lowest BCUT2D eigenvalue weighted by molar-refractivity contribution is -0.116. The summed E-state index contributed by atoms with van der Waals surface area (Å²) in [5.41, 5.74) is 0.521. The van der Waals surface area contributed by atoms with Gasteiger partial charge in [0, 0.05) is 31.9 Å². The molecule has 0 unspecified atom stereocenters. The van der Waals surface area contributed by atoms with Gasteiger partial charge < -0.3 is 5.32 Å². The van der Waals surface area contributed by atoms with Crippen LogP contribution in [0.25, 0.3) is 0 Å². The van der Waals surface area contributed by atoms with E-state index >= 15 is 0 Å². The first-order valence-electron chi connectivity index (χ1n) is 5.42. The third-order valence-electron chi connectivity index (χ3n) is 2.33. The second kappa shape index (κ2) is 6.33. The standard InChI is InChI=1S/C11H16ClN3O3S/c1-14(2)19(17,18)15(3)8-11(16)13-10-6-4-5-9(12)7-10/h4-7H,8H2,1-3H3,(H,13,16). The molecule has 6 nitrogen and oxygen atoms in total. The highest BCUT2D eigenvalue weighted by Gasteiger charge is 2.22. The van der Waals surface area contributed by atoms with Gasteiger partial charge in [-0.2, -0.15) is 17.0 Å². The van der Waals surface area contributed by atoms with E-state index in [1.165, 1.54) is 21.1 Å². The van der Waals surface area contributed by atoms with Gasteiger partial charge in [0.2, 0.25) is 5.91 Å². The predicted octanol–water partition coefficient (Wildman–Crippen LogP) is 1.02. The Hall–Kier alpha value is -1.15. The molecule has 106 valence electrons. The molecule has 0 radical (unpaired) electrons. The Bertz CT molecular complexity index is 560. The molecule has 1 N–H and O–H groups in total. The van der Waals surface area contributed by atoms with Crippen LogP contribution in [-0.2, 0) is 15.0 Å². The zero-order valence-corrected chi connectivity index (χ0v) is 12.5. The van der Waals surface area contributed by atoms with Crippen molar-refractivity contribution in [2.45, 2.75) is 0 Å². The van der Waals surface area contributed by atoms with Crippen molar-refractivity contribution in [3.05, 3.63) is 29.3 Å². The number of nitrogens with one attached hydrogen (secondary N) is 1. The Morgan fingerprint density at radius 1 is 1.32 bits per heavy atom. The molecular weight excluding hydrogens is 290 g/mol. The lowest BCUT2D eigenvalue weighted by Crippen LogP contribution is -2.41. The number of likely N-dealkylation sites (N-methyl/N-ethyl adjacent to an activating group) is 1. The SMILES string of the molecule is CN(C)S(=O)(=O)N(C)CC(=O)Nc1cccc(Cl)c1. The van der Waals surface area contributed by atoms with Crippen molar-refractivity contribution >= 4 is 33.4 Å². The Morgan fingerprint density at radius 3 is 2.47 bits per heavy atom. The monoisotopic (exact) mass is 305 g/mol. The van der Waals surface area contributed by atoms with Crippen LogP contribution in [-0.4, -0.2) is 50.6 Å². The number of hydrogen-bond donors (Lipinski definition) is 1. The fourth-order valence-corrected chi connectivity index (χ4v) is 2.36. The number of rotatable bonds is 5. The van der Waals surface area contributed by atoms with Gasteiger partial charge in [-0.3, -0.25) is 4.79 Å². The Balaban J connectivity index is 2.66. The van der Waals surface area contributed by atoms with Crippen LogP contribution in [0.1, 0.15) is 0 Å². The van der Waals surface area contributed by atoms with Gasteiger partial charge in [-0.25, -0.2) is 0 Å². The number of carbonyl (C=O) groups is 1. The molecule has 19 heavy (non-hydrogen) atoms. The van der Waals surface area contributed by atoms with Crippen LogP contribution in [0.2, 0.25) is 5.02 Å². The van der Waals surface area contributed by atoms with Crippen molar-refractivity contribution in [3.8, 4) is 0 Å². The average molecular weight is 306 g/mol. The fraction of sp³-hybridized carbons (Fsp3) is 0.364. The van der Waals surface area contributed by atoms with Gasteiger partial charge in [-0.1, -0.05) is 17.7 Å². The van der Waals surface area contributed by atoms with E-state index in [2.05, 4.69) is 5.32 Å². The predicted molar refractivity (Wildman–Crippen MR) is 75.3 cm³/mol. The quantitative estimate of drug-likeness (QED) is 0.883. The van der Waals surface area contributed by atoms with Gasteiger partial charge in [-0.05, 0) is 18.2 Å². The molecule has 0 heterocycles. The normalized spacial score (nSPS) is 11.9. The van der Waals surface area contributed by atoms with Gasteiger partial charge in [0.05, 0.1) is 6.54 Å². The van der Waals surface area contributed by atoms with Gasteiger partial charge in [-0.15, -0.1) is 0 Å². The van der Waals surface area contributed by atoms with Gasteiger partial charge in [0.25, 0.3) is 10.2 Å². The molecule has 1 amide bonds. The molecule has 0 spiro atoms. The minimum absolute atomic E-state index is 0.271. The largest absolute Gasteiger partial charge is 0.325 e. The third-order valence-corrected chi connectivity index (χ3v) is 4.40. The molecular formula is C11H16ClN3O3S. The highest BCUT2D eigenvalue weighted by Crippen LogP contribution is 2.14. The molecule has 0 aliphatic rings. The maximum Gasteiger partial charge on any atom is 0.281 e. The first-order chi connectivity index (χ1) is 8.73. The van der Waals surface area contributed by atoms with Crippen LogP contribution >= 0.6 is 11.6 Å². The number of amides is 1. The zero-order valence-electron chi connectivity index (χ0n) is 10.9. The smallest absolute Gasteiger partial charge is 0.281 e. The van der Waals surface area contributed by atoms with E-state index in [4.69, 9.17) is 11.6 Å². The van der Waals surface area contributed by atoms with E-state index in [1.54, 1.807) is 24.3 Å². The first kappa shape index (κ1) is 15.9. The highest BCUT2D eigenvalue weighted by atomic mass is 35.5. The molecule has 0 atom stereocenters. The summed E-state index contributed by atoms with van der Waals surface area (Å²) in [5.74, 6) is -0.435. The van der Waals surface area contributed by atoms with E-state index < -0.39 is 16.1 Å². The van der Waals surface area contributed by atoms with Crippen LogP contribution < -0.4 is 5.32 Å². The summed E-state index contributed by atoms with van der Waals surface area (Å²) in [5, 5.41) is 3.07. The lowest BCUT2D eigenvalue weighted by Gasteiger charge is -2.20. The fourth-order valence-electron chi connectivity index (χ4n) is 1.33. The first-order valence-corrected chi connectivity index (χ1v) is 7.20. The minimum Gasteiger partial charge on any atom is -0.325 e. The molecule has 0 fully saturated rings. The molecule has 8 heteroatoms. The summed E-state index contributed by atoms with van der Waals surface area (Å²) in [4.78, 5) is 11.7. The lowest BCUT2D eigenvalue weighted by atomic mass is 10.3. The molecule has 0 bridgehead atoms. The number of benzene rings is 1. The summed E-state index contributed by atoms with van der Waals surface area (Å²) in [7, 11) is 0.554. The van der Waals surface area contributed by atoms with E-state index in [1.807, 2.05) is 0 Å². The third kappa shape index (κ3) is 4.46. The molecule has 0 saturated heterocycles. The van der Waals surface area contributed by atoms with Crippen molar-refractivity contribution in [1.29, 1.82) is 0 Å². The number of hydrogen-bond acceptors (Lipinski definition) is 3. The molecule has 1 aromatic rings. The van der Waals surface area contributed by atoms with E-state index in [0.717, 1.165) is 8.61 Å². The van der Waals surface area contributed by atoms with Crippen LogP contribution in [0.3, 0.4) is 0 Å². The second-order valence-corrected chi connectivity index (χ2v) is 6.79. The number of carbonyl (C=O) groups excluding carboxylic acids is 1. The molecule has 0 aliphatic carbocycles. The average Bonchev–Trinajstić information content (AvgIpc) is 2.28. The molecule has 0 aliphatic heterocycles. The van der Waals surface area contributed by atoms with E-state index in [0.29, 0.717) is 10.7 Å². The second-order valence-electron chi connectivity index (χ2n) is 4.10. The highest BCUT2D eigenvalue weighted by molar-refractivity contribution is 7.86. The Morgan fingerprint density at radius 2 is 1.95 bits per heavy atom. The number of nitrogens with zero attached hydrogens (tertiary/aromatic N) is 2. The zero-order chi connectivity index (χ0) is 14.6. The van der Waals surface area contributed by atoms with Gasteiger partial charge in [0.15, 0.2) is 0 Å². The van der Waals surface area contributed by atoms with E-state index in [-0.39, 0.29) is 6.54 Å². The summed E-state index contributed by atoms with van der Waals surface area (Å²) in [6.07, 6.45) is 0. The topological polar surface area (TPSA) is 69.7 Å². The number of anilines is 1. The minimum atomic E-state index is -3.59. The van der Waals surface area contributed by atoms with Crippen LogP contribution in [0.15, 0.2) is 24.3 Å². The number of halogens is 1. The van der Waals surface area contributed by atoms with Crippen molar-refractivity contribution in [3.63, 3.8) is 0 Å².